The van der Waals surface area contributed by atoms with Crippen molar-refractivity contribution in [2.45, 2.75) is 115 Å². The molecule has 6 heterocycles. The number of aromatic nitrogens is 8. The number of aromatic amines is 2. The number of hydrogen-bond donors (Lipinski definition) is 3. The summed E-state index contributed by atoms with van der Waals surface area (Å²) in [7, 11) is -7.43. The minimum atomic E-state index is -3.78. The minimum absolute atomic E-state index is 0.0818. The molecule has 0 spiro atoms. The average Bonchev–Trinajstić information content (AvgIpc) is 3.79. The summed E-state index contributed by atoms with van der Waals surface area (Å²) < 4.78 is 70.3. The Labute approximate surface area is 378 Å². The molecular formula is C44H58N10O9S2. The summed E-state index contributed by atoms with van der Waals surface area (Å²) in [5, 5.41) is 9.74. The van der Waals surface area contributed by atoms with Crippen LogP contribution in [0.1, 0.15) is 95.7 Å². The van der Waals surface area contributed by atoms with Crippen LogP contribution in [0.2, 0.25) is 0 Å². The Morgan fingerprint density at radius 2 is 1.05 bits per heavy atom. The van der Waals surface area contributed by atoms with Gasteiger partial charge in [-0.2, -0.15) is 8.61 Å². The van der Waals surface area contributed by atoms with Gasteiger partial charge in [0.2, 0.25) is 20.0 Å². The molecule has 0 amide bonds. The van der Waals surface area contributed by atoms with E-state index in [1.54, 1.807) is 38.1 Å². The summed E-state index contributed by atoms with van der Waals surface area (Å²) in [4.78, 5) is 49.9. The van der Waals surface area contributed by atoms with Crippen LogP contribution in [0.25, 0.3) is 34.1 Å². The molecule has 4 aromatic heterocycles. The van der Waals surface area contributed by atoms with Crippen molar-refractivity contribution in [2.75, 3.05) is 39.4 Å². The van der Waals surface area contributed by atoms with Gasteiger partial charge in [0.25, 0.3) is 0 Å². The number of fused-ring (bicyclic) bond motifs is 2. The van der Waals surface area contributed by atoms with Gasteiger partial charge in [0, 0.05) is 26.2 Å². The molecule has 6 aromatic rings. The Bertz CT molecular complexity index is 3020. The first-order chi connectivity index (χ1) is 31.1. The van der Waals surface area contributed by atoms with Crippen LogP contribution in [0.5, 0.6) is 11.5 Å². The first kappa shape index (κ1) is 47.5. The quantitative estimate of drug-likeness (QED) is 0.133. The third-order valence-corrected chi connectivity index (χ3v) is 15.3. The van der Waals surface area contributed by atoms with E-state index in [0.717, 1.165) is 43.5 Å². The van der Waals surface area contributed by atoms with Crippen molar-refractivity contribution in [2.24, 2.45) is 0 Å². The number of nitrogens with zero attached hydrogens (tertiary/aromatic N) is 8. The maximum atomic E-state index is 13.3. The lowest BCUT2D eigenvalue weighted by Crippen LogP contribution is -2.40. The molecule has 3 N–H and O–H groups in total. The molecule has 0 atom stereocenters. The highest BCUT2D eigenvalue weighted by molar-refractivity contribution is 7.89. The molecule has 19 nitrogen and oxygen atoms in total. The third kappa shape index (κ3) is 9.74. The molecule has 0 saturated carbocycles. The minimum Gasteiger partial charge on any atom is -0.493 e. The van der Waals surface area contributed by atoms with Crippen molar-refractivity contribution in [1.29, 1.82) is 0 Å². The van der Waals surface area contributed by atoms with E-state index >= 15 is 0 Å². The van der Waals surface area contributed by atoms with E-state index in [4.69, 9.17) is 9.47 Å². The highest BCUT2D eigenvalue weighted by Gasteiger charge is 2.31. The van der Waals surface area contributed by atoms with Crippen molar-refractivity contribution in [3.63, 3.8) is 0 Å². The lowest BCUT2D eigenvalue weighted by atomic mass is 10.1. The zero-order chi connectivity index (χ0) is 46.6. The second-order valence-corrected chi connectivity index (χ2v) is 20.0. The molecule has 0 unspecified atom stereocenters. The van der Waals surface area contributed by atoms with Gasteiger partial charge in [-0.3, -0.25) is 9.97 Å². The number of H-pyrrole nitrogens is 2. The van der Waals surface area contributed by atoms with Crippen LogP contribution in [0, 0.1) is 13.8 Å². The van der Waals surface area contributed by atoms with Gasteiger partial charge in [-0.05, 0) is 103 Å². The first-order valence-electron chi connectivity index (χ1n) is 22.3. The molecule has 21 heteroatoms. The maximum Gasteiger partial charge on any atom is 0.334 e. The highest BCUT2D eigenvalue weighted by Crippen LogP contribution is 2.34. The smallest absolute Gasteiger partial charge is 0.334 e. The summed E-state index contributed by atoms with van der Waals surface area (Å²) >= 11 is 0. The van der Waals surface area contributed by atoms with Crippen molar-refractivity contribution >= 4 is 31.3 Å². The Hall–Kier alpha value is -5.48. The molecule has 65 heavy (non-hydrogen) atoms. The molecule has 2 aromatic carbocycles. The molecule has 0 aliphatic carbocycles. The van der Waals surface area contributed by atoms with Crippen LogP contribution in [-0.4, -0.2) is 115 Å². The van der Waals surface area contributed by atoms with Crippen molar-refractivity contribution in [1.82, 2.24) is 47.3 Å². The highest BCUT2D eigenvalue weighted by atomic mass is 32.2. The van der Waals surface area contributed by atoms with Gasteiger partial charge in [0.05, 0.1) is 51.6 Å². The molecule has 2 aliphatic rings. The zero-order valence-electron chi connectivity index (χ0n) is 37.8. The third-order valence-electron chi connectivity index (χ3n) is 11.5. The fourth-order valence-corrected chi connectivity index (χ4v) is 11.3. The van der Waals surface area contributed by atoms with Crippen LogP contribution in [0.4, 0.5) is 0 Å². The van der Waals surface area contributed by atoms with Crippen LogP contribution in [0.15, 0.2) is 55.8 Å². The molecule has 2 saturated heterocycles. The summed E-state index contributed by atoms with van der Waals surface area (Å²) in [5.74, 6) is 2.48. The van der Waals surface area contributed by atoms with E-state index in [2.05, 4.69) is 29.9 Å². The normalized spacial score (nSPS) is 15.6. The van der Waals surface area contributed by atoms with Crippen molar-refractivity contribution in [3.05, 3.63) is 80.4 Å². The molecule has 0 bridgehead atoms. The monoisotopic (exact) mass is 934 g/mol. The van der Waals surface area contributed by atoms with Gasteiger partial charge in [0.1, 0.15) is 34.8 Å². The Morgan fingerprint density at radius 3 is 1.45 bits per heavy atom. The molecule has 350 valence electrons. The van der Waals surface area contributed by atoms with Gasteiger partial charge >= 0.3 is 11.4 Å². The largest absolute Gasteiger partial charge is 0.493 e. The summed E-state index contributed by atoms with van der Waals surface area (Å²) in [6.45, 7) is 13.5. The van der Waals surface area contributed by atoms with E-state index in [0.29, 0.717) is 97.6 Å². The second kappa shape index (κ2) is 19.9. The fourth-order valence-electron chi connectivity index (χ4n) is 8.27. The second-order valence-electron chi connectivity index (χ2n) is 16.1. The number of imidazole rings is 2. The predicted octanol–water partition coefficient (Wildman–Crippen LogP) is 4.81. The number of sulfonamides is 2. The number of rotatable bonds is 14. The zero-order valence-corrected chi connectivity index (χ0v) is 39.4. The lowest BCUT2D eigenvalue weighted by Gasteiger charge is -2.29. The first-order valence-corrected chi connectivity index (χ1v) is 25.2. The van der Waals surface area contributed by atoms with E-state index in [9.17, 15) is 31.5 Å². The van der Waals surface area contributed by atoms with Crippen LogP contribution >= 0.6 is 0 Å². The van der Waals surface area contributed by atoms with Crippen LogP contribution in [0.3, 0.4) is 0 Å². The van der Waals surface area contributed by atoms with Crippen molar-refractivity contribution < 1.29 is 31.4 Å². The fraction of sp³-hybridized carbons (Fsp3) is 0.500. The van der Waals surface area contributed by atoms with Crippen LogP contribution < -0.4 is 20.9 Å². The molecule has 2 fully saturated rings. The van der Waals surface area contributed by atoms with E-state index in [-0.39, 0.29) is 40.2 Å². The van der Waals surface area contributed by atoms with Gasteiger partial charge < -0.3 is 14.6 Å². The number of benzene rings is 2. The number of hydrogen-bond acceptors (Lipinski definition) is 13. The van der Waals surface area contributed by atoms with Gasteiger partial charge in [-0.1, -0.05) is 33.1 Å². The van der Waals surface area contributed by atoms with Gasteiger partial charge in [0.15, 0.2) is 11.3 Å². The molecule has 2 aliphatic heterocycles. The van der Waals surface area contributed by atoms with E-state index in [1.165, 1.54) is 29.5 Å². The number of nitrogens with one attached hydrogen (secondary N) is 2. The van der Waals surface area contributed by atoms with Crippen molar-refractivity contribution in [3.8, 4) is 34.3 Å². The van der Waals surface area contributed by atoms with Gasteiger partial charge in [-0.15, -0.1) is 0 Å². The lowest BCUT2D eigenvalue weighted by molar-refractivity contribution is 0.113. The number of aryl methyl sites for hydroxylation is 4. The Kier molecular flexibility index (Phi) is 14.6. The standard InChI is InChI=1S/C22H29N5O5S.C22H29N5O4S/c1-4-6-18-21-24-20(25-22(29)27(21)14(3)23-18)17-13-16(7-8-19(17)32-5-2)33(30,31)26-11-9-15(28)10-12-26;1-4-9-18-21-24-20(25-22(28)27(21)15(3)23-18)17-14-16(10-11-19(17)31-5-2)32(29,30)26-12-7-6-8-13-26/h7-8,13,15,28H,4-6,9-12H2,1-3H3,(H,24,25,29);10-11,14H,4-9,12-13H2,1-3H3,(H,24,25,28). The van der Waals surface area contributed by atoms with E-state index in [1.807, 2.05) is 27.7 Å². The Morgan fingerprint density at radius 1 is 0.631 bits per heavy atom. The maximum absolute atomic E-state index is 13.3. The number of aliphatic hydroxyl groups is 1. The Balaban J connectivity index is 0.000000194. The SMILES string of the molecule is CCCc1nc(C)n2c(=O)[nH]c(-c3cc(S(=O)(=O)N4CCC(O)CC4)ccc3OCC)nc12.CCCc1nc(C)n2c(=O)[nH]c(-c3cc(S(=O)(=O)N4CCCCC4)ccc3OCC)nc12. The summed E-state index contributed by atoms with van der Waals surface area (Å²) in [6.07, 6.45) is 6.13. The number of aliphatic hydroxyl groups excluding tert-OH is 1. The van der Waals surface area contributed by atoms with Gasteiger partial charge in [-0.25, -0.2) is 55.2 Å². The molecular weight excluding hydrogens is 877 g/mol. The predicted molar refractivity (Wildman–Crippen MR) is 244 cm³/mol. The molecule has 8 rings (SSSR count). The molecule has 0 radical (unpaired) electrons. The summed E-state index contributed by atoms with van der Waals surface area (Å²) in [5.41, 5.74) is 2.45. The average molecular weight is 935 g/mol. The topological polar surface area (TPSA) is 240 Å². The van der Waals surface area contributed by atoms with Crippen LogP contribution in [-0.2, 0) is 32.9 Å². The number of piperidine rings is 2. The number of ether oxygens (including phenoxy) is 2. The summed E-state index contributed by atoms with van der Waals surface area (Å²) in [6, 6.07) is 9.31. The van der Waals surface area contributed by atoms with E-state index < -0.39 is 31.8 Å².